The van der Waals surface area contributed by atoms with Crippen molar-refractivity contribution in [3.05, 3.63) is 48.3 Å². The predicted octanol–water partition coefficient (Wildman–Crippen LogP) is 3.49. The third-order valence-corrected chi connectivity index (χ3v) is 2.72. The van der Waals surface area contributed by atoms with E-state index in [9.17, 15) is 0 Å². The molecular formula is C16H20N2O2. The molecule has 1 aromatic heterocycles. The van der Waals surface area contributed by atoms with E-state index < -0.39 is 0 Å². The summed E-state index contributed by atoms with van der Waals surface area (Å²) >= 11 is 0. The standard InChI is InChI=1S/C16H20N2O2/c1-3-17-13-9-10-18-14(11-13)12-20-16-7-5-15(6-8-16)19-4-2/h5-11H,3-4,12H2,1-2H3,(H,17,18). The minimum absolute atomic E-state index is 0.452. The highest BCUT2D eigenvalue weighted by Crippen LogP contribution is 2.18. The Morgan fingerprint density at radius 1 is 1.00 bits per heavy atom. The summed E-state index contributed by atoms with van der Waals surface area (Å²) in [5, 5.41) is 3.26. The summed E-state index contributed by atoms with van der Waals surface area (Å²) in [6, 6.07) is 11.6. The molecule has 4 nitrogen and oxygen atoms in total. The first kappa shape index (κ1) is 14.2. The van der Waals surface area contributed by atoms with Crippen molar-refractivity contribution in [2.24, 2.45) is 0 Å². The monoisotopic (exact) mass is 272 g/mol. The van der Waals surface area contributed by atoms with E-state index >= 15 is 0 Å². The fourth-order valence-electron chi connectivity index (χ4n) is 1.83. The van der Waals surface area contributed by atoms with Crippen molar-refractivity contribution in [3.63, 3.8) is 0 Å². The Bertz CT molecular complexity index is 526. The van der Waals surface area contributed by atoms with Crippen molar-refractivity contribution in [2.45, 2.75) is 20.5 Å². The normalized spacial score (nSPS) is 10.1. The zero-order valence-electron chi connectivity index (χ0n) is 11.9. The maximum Gasteiger partial charge on any atom is 0.130 e. The molecular weight excluding hydrogens is 252 g/mol. The molecule has 1 N–H and O–H groups in total. The van der Waals surface area contributed by atoms with E-state index in [0.717, 1.165) is 29.4 Å². The van der Waals surface area contributed by atoms with E-state index in [1.165, 1.54) is 0 Å². The SMILES string of the molecule is CCNc1ccnc(COc2ccc(OCC)cc2)c1. The number of rotatable bonds is 7. The van der Waals surface area contributed by atoms with Gasteiger partial charge >= 0.3 is 0 Å². The fraction of sp³-hybridized carbons (Fsp3) is 0.312. The lowest BCUT2D eigenvalue weighted by Gasteiger charge is -2.09. The molecule has 1 aromatic carbocycles. The van der Waals surface area contributed by atoms with Gasteiger partial charge in [-0.3, -0.25) is 4.98 Å². The Kier molecular flexibility index (Phi) is 5.24. The van der Waals surface area contributed by atoms with Gasteiger partial charge < -0.3 is 14.8 Å². The van der Waals surface area contributed by atoms with Gasteiger partial charge in [0, 0.05) is 18.4 Å². The van der Waals surface area contributed by atoms with Gasteiger partial charge in [-0.25, -0.2) is 0 Å². The molecule has 0 fully saturated rings. The molecule has 0 aliphatic rings. The number of pyridine rings is 1. The van der Waals surface area contributed by atoms with E-state index in [2.05, 4.69) is 17.2 Å². The molecule has 0 saturated carbocycles. The number of aromatic nitrogens is 1. The molecule has 20 heavy (non-hydrogen) atoms. The van der Waals surface area contributed by atoms with Gasteiger partial charge in [-0.05, 0) is 50.2 Å². The zero-order chi connectivity index (χ0) is 14.2. The van der Waals surface area contributed by atoms with Crippen molar-refractivity contribution in [1.82, 2.24) is 4.98 Å². The Morgan fingerprint density at radius 3 is 2.35 bits per heavy atom. The van der Waals surface area contributed by atoms with Gasteiger partial charge in [0.05, 0.1) is 12.3 Å². The Morgan fingerprint density at radius 2 is 1.70 bits per heavy atom. The summed E-state index contributed by atoms with van der Waals surface area (Å²) in [5.74, 6) is 1.66. The molecule has 1 heterocycles. The van der Waals surface area contributed by atoms with Crippen LogP contribution in [0.1, 0.15) is 19.5 Å². The smallest absolute Gasteiger partial charge is 0.130 e. The van der Waals surface area contributed by atoms with Crippen LogP contribution in [0.4, 0.5) is 5.69 Å². The second-order valence-corrected chi connectivity index (χ2v) is 4.26. The molecule has 0 spiro atoms. The highest BCUT2D eigenvalue weighted by Gasteiger charge is 2.00. The average molecular weight is 272 g/mol. The van der Waals surface area contributed by atoms with Crippen LogP contribution in [0.2, 0.25) is 0 Å². The Hall–Kier alpha value is -2.23. The first-order valence-electron chi connectivity index (χ1n) is 6.86. The van der Waals surface area contributed by atoms with E-state index in [-0.39, 0.29) is 0 Å². The third-order valence-electron chi connectivity index (χ3n) is 2.72. The summed E-state index contributed by atoms with van der Waals surface area (Å²) in [7, 11) is 0. The van der Waals surface area contributed by atoms with Crippen LogP contribution in [0.25, 0.3) is 0 Å². The largest absolute Gasteiger partial charge is 0.494 e. The molecule has 0 aliphatic heterocycles. The number of nitrogens with one attached hydrogen (secondary N) is 1. The molecule has 0 radical (unpaired) electrons. The predicted molar refractivity (Wildman–Crippen MR) is 80.3 cm³/mol. The lowest BCUT2D eigenvalue weighted by molar-refractivity contribution is 0.299. The summed E-state index contributed by atoms with van der Waals surface area (Å²) in [4.78, 5) is 4.29. The van der Waals surface area contributed by atoms with Crippen LogP contribution in [-0.4, -0.2) is 18.1 Å². The van der Waals surface area contributed by atoms with Gasteiger partial charge in [-0.2, -0.15) is 0 Å². The summed E-state index contributed by atoms with van der Waals surface area (Å²) in [5.41, 5.74) is 1.96. The second-order valence-electron chi connectivity index (χ2n) is 4.26. The lowest BCUT2D eigenvalue weighted by atomic mass is 10.3. The number of benzene rings is 1. The van der Waals surface area contributed by atoms with E-state index in [4.69, 9.17) is 9.47 Å². The highest BCUT2D eigenvalue weighted by atomic mass is 16.5. The van der Waals surface area contributed by atoms with E-state index in [1.807, 2.05) is 43.3 Å². The molecule has 2 rings (SSSR count). The molecule has 106 valence electrons. The van der Waals surface area contributed by atoms with E-state index in [0.29, 0.717) is 13.2 Å². The van der Waals surface area contributed by atoms with Crippen molar-refractivity contribution in [1.29, 1.82) is 0 Å². The summed E-state index contributed by atoms with van der Waals surface area (Å²) in [6.45, 7) is 6.04. The first-order valence-corrected chi connectivity index (χ1v) is 6.86. The highest BCUT2D eigenvalue weighted by molar-refractivity contribution is 5.43. The average Bonchev–Trinajstić information content (AvgIpc) is 2.48. The zero-order valence-corrected chi connectivity index (χ0v) is 11.9. The molecule has 0 amide bonds. The maximum atomic E-state index is 5.71. The van der Waals surface area contributed by atoms with Crippen molar-refractivity contribution in [2.75, 3.05) is 18.5 Å². The van der Waals surface area contributed by atoms with Gasteiger partial charge in [0.1, 0.15) is 18.1 Å². The Labute approximate surface area is 119 Å². The number of anilines is 1. The summed E-state index contributed by atoms with van der Waals surface area (Å²) < 4.78 is 11.1. The quantitative estimate of drug-likeness (QED) is 0.838. The first-order chi connectivity index (χ1) is 9.81. The fourth-order valence-corrected chi connectivity index (χ4v) is 1.83. The molecule has 0 saturated heterocycles. The lowest BCUT2D eigenvalue weighted by Crippen LogP contribution is -2.01. The maximum absolute atomic E-state index is 5.71. The van der Waals surface area contributed by atoms with Crippen LogP contribution in [0, 0.1) is 0 Å². The van der Waals surface area contributed by atoms with Crippen molar-refractivity contribution < 1.29 is 9.47 Å². The molecule has 0 unspecified atom stereocenters. The molecule has 0 atom stereocenters. The van der Waals surface area contributed by atoms with Crippen LogP contribution in [-0.2, 0) is 6.61 Å². The minimum Gasteiger partial charge on any atom is -0.494 e. The topological polar surface area (TPSA) is 43.4 Å². The number of nitrogens with zero attached hydrogens (tertiary/aromatic N) is 1. The van der Waals surface area contributed by atoms with Crippen LogP contribution in [0.5, 0.6) is 11.5 Å². The minimum atomic E-state index is 0.452. The van der Waals surface area contributed by atoms with Crippen LogP contribution >= 0.6 is 0 Å². The molecule has 2 aromatic rings. The van der Waals surface area contributed by atoms with Crippen molar-refractivity contribution >= 4 is 5.69 Å². The van der Waals surface area contributed by atoms with Gasteiger partial charge in [0.2, 0.25) is 0 Å². The summed E-state index contributed by atoms with van der Waals surface area (Å²) in [6.07, 6.45) is 1.79. The molecule has 0 bridgehead atoms. The number of hydrogen-bond donors (Lipinski definition) is 1. The Balaban J connectivity index is 1.92. The van der Waals surface area contributed by atoms with Gasteiger partial charge in [0.15, 0.2) is 0 Å². The van der Waals surface area contributed by atoms with Crippen LogP contribution in [0.15, 0.2) is 42.6 Å². The van der Waals surface area contributed by atoms with Gasteiger partial charge in [0.25, 0.3) is 0 Å². The van der Waals surface area contributed by atoms with E-state index in [1.54, 1.807) is 6.20 Å². The number of ether oxygens (including phenoxy) is 2. The van der Waals surface area contributed by atoms with Crippen molar-refractivity contribution in [3.8, 4) is 11.5 Å². The number of hydrogen-bond acceptors (Lipinski definition) is 4. The van der Waals surface area contributed by atoms with Gasteiger partial charge in [-0.15, -0.1) is 0 Å². The molecule has 0 aliphatic carbocycles. The van der Waals surface area contributed by atoms with Gasteiger partial charge in [-0.1, -0.05) is 0 Å². The van der Waals surface area contributed by atoms with Crippen LogP contribution < -0.4 is 14.8 Å². The molecule has 4 heteroatoms. The third kappa shape index (κ3) is 4.16. The van der Waals surface area contributed by atoms with Crippen LogP contribution in [0.3, 0.4) is 0 Å². The second kappa shape index (κ2) is 7.38.